The van der Waals surface area contributed by atoms with Gasteiger partial charge in [0.2, 0.25) is 0 Å². The molecule has 0 fully saturated rings. The lowest BCUT2D eigenvalue weighted by molar-refractivity contribution is 0.668. The molecule has 0 aliphatic carbocycles. The molecule has 0 atom stereocenters. The van der Waals surface area contributed by atoms with Crippen LogP contribution >= 0.6 is 0 Å². The molecule has 0 aliphatic heterocycles. The van der Waals surface area contributed by atoms with Crippen LogP contribution in [0.25, 0.3) is 55.0 Å². The zero-order valence-corrected chi connectivity index (χ0v) is 24.4. The number of furan rings is 2. The number of rotatable bonds is 5. The Morgan fingerprint density at radius 3 is 1.93 bits per heavy atom. The molecule has 0 radical (unpaired) electrons. The van der Waals surface area contributed by atoms with Gasteiger partial charge in [0.1, 0.15) is 22.3 Å². The van der Waals surface area contributed by atoms with Gasteiger partial charge >= 0.3 is 0 Å². The van der Waals surface area contributed by atoms with Crippen LogP contribution in [0.15, 0.2) is 163 Å². The van der Waals surface area contributed by atoms with Gasteiger partial charge in [-0.2, -0.15) is 0 Å². The molecule has 2 aromatic heterocycles. The van der Waals surface area contributed by atoms with Gasteiger partial charge in [-0.3, -0.25) is 4.99 Å². The molecule has 5 nitrogen and oxygen atoms in total. The van der Waals surface area contributed by atoms with Crippen molar-refractivity contribution in [1.82, 2.24) is 0 Å². The van der Waals surface area contributed by atoms with Crippen molar-refractivity contribution in [3.8, 4) is 11.1 Å². The summed E-state index contributed by atoms with van der Waals surface area (Å²) in [6.45, 7) is 4.41. The number of benzene rings is 6. The molecule has 8 rings (SSSR count). The summed E-state index contributed by atoms with van der Waals surface area (Å²) in [6, 6.07) is 46.8. The average molecular weight is 582 g/mol. The van der Waals surface area contributed by atoms with E-state index >= 15 is 0 Å². The van der Waals surface area contributed by atoms with E-state index in [1.54, 1.807) is 0 Å². The van der Waals surface area contributed by atoms with Crippen LogP contribution in [0.3, 0.4) is 0 Å². The van der Waals surface area contributed by atoms with E-state index in [2.05, 4.69) is 54.2 Å². The Kier molecular flexibility index (Phi) is 6.61. The maximum Gasteiger partial charge on any atom is 0.161 e. The number of amidine groups is 2. The summed E-state index contributed by atoms with van der Waals surface area (Å²) in [5, 5.41) is 4.11. The average Bonchev–Trinajstić information content (AvgIpc) is 3.67. The van der Waals surface area contributed by atoms with E-state index in [0.29, 0.717) is 18.2 Å². The van der Waals surface area contributed by atoms with Gasteiger partial charge in [0.05, 0.1) is 6.54 Å². The number of hydrogen-bond donors (Lipinski definition) is 0. The molecule has 45 heavy (non-hydrogen) atoms. The first-order valence-electron chi connectivity index (χ1n) is 14.8. The van der Waals surface area contributed by atoms with Gasteiger partial charge in [-0.15, -0.1) is 0 Å². The third kappa shape index (κ3) is 4.90. The molecule has 5 heteroatoms. The molecule has 0 amide bonds. The standard InChI is InChI=1S/C40H27N3O2/c1-41-40(43-39(27-13-6-3-7-14-27)42-25-26-11-4-2-5-12-26)31-16-10-18-37-38(31)33-24-29(20-22-36(33)45-37)28-19-21-35-32(23-28)30-15-8-9-17-34(30)44-35/h2-24H,1,25H2. The highest BCUT2D eigenvalue weighted by Gasteiger charge is 2.17. The number of nitrogens with zero attached hydrogens (tertiary/aromatic N) is 3. The highest BCUT2D eigenvalue weighted by Crippen LogP contribution is 2.37. The predicted molar refractivity (Wildman–Crippen MR) is 186 cm³/mol. The first-order valence-corrected chi connectivity index (χ1v) is 14.8. The molecular weight excluding hydrogens is 554 g/mol. The molecule has 2 heterocycles. The van der Waals surface area contributed by atoms with Crippen LogP contribution in [-0.4, -0.2) is 18.4 Å². The summed E-state index contributed by atoms with van der Waals surface area (Å²) >= 11 is 0. The normalized spacial score (nSPS) is 12.4. The summed E-state index contributed by atoms with van der Waals surface area (Å²) in [5.41, 5.74) is 8.32. The fourth-order valence-corrected chi connectivity index (χ4v) is 5.91. The van der Waals surface area contributed by atoms with Gasteiger partial charge in [-0.05, 0) is 59.8 Å². The minimum absolute atomic E-state index is 0.482. The van der Waals surface area contributed by atoms with Crippen LogP contribution in [0.2, 0.25) is 0 Å². The predicted octanol–water partition coefficient (Wildman–Crippen LogP) is 10.2. The Balaban J connectivity index is 1.27. The third-order valence-electron chi connectivity index (χ3n) is 8.09. The zero-order valence-electron chi connectivity index (χ0n) is 24.4. The number of para-hydroxylation sites is 1. The Morgan fingerprint density at radius 1 is 0.533 bits per heavy atom. The smallest absolute Gasteiger partial charge is 0.161 e. The van der Waals surface area contributed by atoms with E-state index in [1.165, 1.54) is 0 Å². The molecule has 0 unspecified atom stereocenters. The minimum Gasteiger partial charge on any atom is -0.456 e. The van der Waals surface area contributed by atoms with Gasteiger partial charge < -0.3 is 8.83 Å². The van der Waals surface area contributed by atoms with E-state index in [0.717, 1.165) is 71.7 Å². The molecule has 0 N–H and O–H groups in total. The Hall–Kier alpha value is -6.07. The zero-order chi connectivity index (χ0) is 30.2. The monoisotopic (exact) mass is 581 g/mol. The Labute approximate surface area is 259 Å². The lowest BCUT2D eigenvalue weighted by Gasteiger charge is -2.07. The molecule has 0 bridgehead atoms. The van der Waals surface area contributed by atoms with Crippen LogP contribution in [-0.2, 0) is 6.54 Å². The van der Waals surface area contributed by atoms with Crippen LogP contribution in [0.1, 0.15) is 16.7 Å². The van der Waals surface area contributed by atoms with Crippen molar-refractivity contribution in [2.45, 2.75) is 6.54 Å². The fraction of sp³-hybridized carbons (Fsp3) is 0.0250. The van der Waals surface area contributed by atoms with Crippen molar-refractivity contribution in [3.63, 3.8) is 0 Å². The second-order valence-corrected chi connectivity index (χ2v) is 10.9. The van der Waals surface area contributed by atoms with Crippen molar-refractivity contribution >= 4 is 62.3 Å². The lowest BCUT2D eigenvalue weighted by Crippen LogP contribution is -2.06. The lowest BCUT2D eigenvalue weighted by atomic mass is 9.99. The highest BCUT2D eigenvalue weighted by molar-refractivity contribution is 6.22. The SMILES string of the molecule is C=NC(=NC(=NCc1ccccc1)c1ccccc1)c1cccc2oc3ccc(-c4ccc5oc6ccccc6c5c4)cc3c12. The van der Waals surface area contributed by atoms with E-state index in [9.17, 15) is 0 Å². The molecule has 214 valence electrons. The highest BCUT2D eigenvalue weighted by atomic mass is 16.3. The second kappa shape index (κ2) is 11.2. The maximum atomic E-state index is 6.33. The second-order valence-electron chi connectivity index (χ2n) is 10.9. The van der Waals surface area contributed by atoms with Crippen molar-refractivity contribution in [2.75, 3.05) is 0 Å². The number of aliphatic imine (C=N–C) groups is 3. The van der Waals surface area contributed by atoms with Crippen LogP contribution in [0, 0.1) is 0 Å². The van der Waals surface area contributed by atoms with E-state index < -0.39 is 0 Å². The van der Waals surface area contributed by atoms with E-state index in [1.807, 2.05) is 97.1 Å². The number of fused-ring (bicyclic) bond motifs is 6. The molecule has 8 aromatic rings. The van der Waals surface area contributed by atoms with Gasteiger partial charge in [0, 0.05) is 32.7 Å². The largest absolute Gasteiger partial charge is 0.456 e. The van der Waals surface area contributed by atoms with Crippen molar-refractivity contribution in [2.24, 2.45) is 15.0 Å². The van der Waals surface area contributed by atoms with Crippen LogP contribution in [0.4, 0.5) is 0 Å². The Bertz CT molecular complexity index is 2420. The van der Waals surface area contributed by atoms with Gasteiger partial charge in [-0.25, -0.2) is 9.98 Å². The molecule has 6 aromatic carbocycles. The molecule has 0 aliphatic rings. The summed E-state index contributed by atoms with van der Waals surface area (Å²) in [6.07, 6.45) is 0. The minimum atomic E-state index is 0.482. The summed E-state index contributed by atoms with van der Waals surface area (Å²) < 4.78 is 12.4. The fourth-order valence-electron chi connectivity index (χ4n) is 5.91. The molecular formula is C40H27N3O2. The van der Waals surface area contributed by atoms with Gasteiger partial charge in [0.15, 0.2) is 11.7 Å². The summed E-state index contributed by atoms with van der Waals surface area (Å²) in [5.74, 6) is 1.07. The van der Waals surface area contributed by atoms with Gasteiger partial charge in [0.25, 0.3) is 0 Å². The first-order chi connectivity index (χ1) is 22.2. The van der Waals surface area contributed by atoms with E-state index in [4.69, 9.17) is 18.8 Å². The van der Waals surface area contributed by atoms with Gasteiger partial charge in [-0.1, -0.05) is 103 Å². The van der Waals surface area contributed by atoms with Crippen LogP contribution < -0.4 is 0 Å². The first kappa shape index (κ1) is 26.5. The maximum absolute atomic E-state index is 6.33. The quantitative estimate of drug-likeness (QED) is 0.150. The van der Waals surface area contributed by atoms with Crippen molar-refractivity contribution in [1.29, 1.82) is 0 Å². The van der Waals surface area contributed by atoms with Crippen LogP contribution in [0.5, 0.6) is 0 Å². The van der Waals surface area contributed by atoms with Crippen molar-refractivity contribution < 1.29 is 8.83 Å². The molecule has 0 saturated heterocycles. The molecule has 0 spiro atoms. The Morgan fingerprint density at radius 2 is 1.16 bits per heavy atom. The third-order valence-corrected chi connectivity index (χ3v) is 8.09. The topological polar surface area (TPSA) is 63.4 Å². The molecule has 0 saturated carbocycles. The summed E-state index contributed by atoms with van der Waals surface area (Å²) in [7, 11) is 0. The van der Waals surface area contributed by atoms with E-state index in [-0.39, 0.29) is 0 Å². The summed E-state index contributed by atoms with van der Waals surface area (Å²) in [4.78, 5) is 14.3. The number of hydrogen-bond acceptors (Lipinski definition) is 3. The van der Waals surface area contributed by atoms with Crippen molar-refractivity contribution in [3.05, 3.63) is 156 Å².